The lowest BCUT2D eigenvalue weighted by Crippen LogP contribution is -2.52. The smallest absolute Gasteiger partial charge is 0.245 e. The number of fused-ring (bicyclic) bond motifs is 1. The Kier molecular flexibility index (Phi) is 14.8. The fourth-order valence-corrected chi connectivity index (χ4v) is 7.63. The Hall–Kier alpha value is -3.60. The number of nitrogens with one attached hydrogen (secondary N) is 2. The number of nitrogens with zero attached hydrogens (tertiary/aromatic N) is 1. The predicted octanol–water partition coefficient (Wildman–Crippen LogP) is 2.96. The van der Waals surface area contributed by atoms with Crippen molar-refractivity contribution in [3.63, 3.8) is 0 Å². The van der Waals surface area contributed by atoms with Crippen molar-refractivity contribution in [1.29, 1.82) is 0 Å². The first-order valence-electron chi connectivity index (χ1n) is 18.2. The summed E-state index contributed by atoms with van der Waals surface area (Å²) in [5.41, 5.74) is 19.8. The molecule has 0 bridgehead atoms. The molecule has 2 aromatic rings. The van der Waals surface area contributed by atoms with E-state index < -0.39 is 30.0 Å². The number of nitrogens with two attached hydrogens (primary N) is 3. The van der Waals surface area contributed by atoms with Crippen LogP contribution in [0.25, 0.3) is 0 Å². The monoisotopic (exact) mass is 674 g/mol. The van der Waals surface area contributed by atoms with Crippen molar-refractivity contribution < 1.29 is 19.2 Å². The summed E-state index contributed by atoms with van der Waals surface area (Å²) in [6.07, 6.45) is 5.08. The first-order valence-corrected chi connectivity index (χ1v) is 18.2. The number of amides is 3. The molecular formula is C39H58N6O4. The van der Waals surface area contributed by atoms with Crippen molar-refractivity contribution in [1.82, 2.24) is 15.5 Å². The molecule has 2 aliphatic rings. The van der Waals surface area contributed by atoms with Crippen LogP contribution in [0.2, 0.25) is 0 Å². The molecule has 1 saturated heterocycles. The summed E-state index contributed by atoms with van der Waals surface area (Å²) in [7, 11) is 0. The van der Waals surface area contributed by atoms with E-state index in [0.717, 1.165) is 30.4 Å². The molecule has 2 aromatic carbocycles. The minimum absolute atomic E-state index is 0.0553. The predicted molar refractivity (Wildman–Crippen MR) is 193 cm³/mol. The molecule has 1 saturated carbocycles. The van der Waals surface area contributed by atoms with E-state index in [1.165, 1.54) is 0 Å². The summed E-state index contributed by atoms with van der Waals surface area (Å²) < 4.78 is 0. The highest BCUT2D eigenvalue weighted by Crippen LogP contribution is 2.41. The summed E-state index contributed by atoms with van der Waals surface area (Å²) in [6.45, 7) is 6.62. The van der Waals surface area contributed by atoms with Crippen molar-refractivity contribution in [3.05, 3.63) is 71.8 Å². The molecule has 10 nitrogen and oxygen atoms in total. The van der Waals surface area contributed by atoms with Crippen LogP contribution in [0.5, 0.6) is 0 Å². The quantitative estimate of drug-likeness (QED) is 0.143. The number of ketones is 1. The number of carbonyl (C=O) groups excluding carboxylic acids is 4. The normalized spacial score (nSPS) is 21.1. The average molecular weight is 675 g/mol. The average Bonchev–Trinajstić information content (AvgIpc) is 3.67. The van der Waals surface area contributed by atoms with E-state index in [1.807, 2.05) is 79.4 Å². The summed E-state index contributed by atoms with van der Waals surface area (Å²) in [5, 5.41) is 5.99. The van der Waals surface area contributed by atoms with Crippen molar-refractivity contribution in [2.45, 2.75) is 89.8 Å². The van der Waals surface area contributed by atoms with Gasteiger partial charge in [-0.15, -0.1) is 0 Å². The maximum Gasteiger partial charge on any atom is 0.245 e. The molecule has 0 radical (unpaired) electrons. The zero-order valence-corrected chi connectivity index (χ0v) is 29.4. The van der Waals surface area contributed by atoms with E-state index in [0.29, 0.717) is 69.6 Å². The lowest BCUT2D eigenvalue weighted by Gasteiger charge is -2.28. The Bertz CT molecular complexity index is 1340. The zero-order valence-electron chi connectivity index (χ0n) is 29.4. The molecule has 6 unspecified atom stereocenters. The first-order chi connectivity index (χ1) is 23.6. The van der Waals surface area contributed by atoms with E-state index in [1.54, 1.807) is 0 Å². The van der Waals surface area contributed by atoms with Gasteiger partial charge in [-0.05, 0) is 99.3 Å². The second kappa shape index (κ2) is 19.0. The van der Waals surface area contributed by atoms with Crippen molar-refractivity contribution in [2.24, 2.45) is 46.8 Å². The lowest BCUT2D eigenvalue weighted by atomic mass is 9.88. The van der Waals surface area contributed by atoms with Gasteiger partial charge in [0.2, 0.25) is 17.7 Å². The third-order valence-corrected chi connectivity index (χ3v) is 10.3. The minimum Gasteiger partial charge on any atom is -0.345 e. The molecule has 268 valence electrons. The van der Waals surface area contributed by atoms with Gasteiger partial charge >= 0.3 is 0 Å². The largest absolute Gasteiger partial charge is 0.345 e. The van der Waals surface area contributed by atoms with E-state index in [4.69, 9.17) is 17.2 Å². The van der Waals surface area contributed by atoms with Gasteiger partial charge in [-0.1, -0.05) is 74.5 Å². The van der Waals surface area contributed by atoms with Gasteiger partial charge < -0.3 is 32.7 Å². The zero-order chi connectivity index (χ0) is 35.3. The van der Waals surface area contributed by atoms with Gasteiger partial charge in [0.15, 0.2) is 5.78 Å². The van der Waals surface area contributed by atoms with Crippen molar-refractivity contribution in [3.8, 4) is 0 Å². The minimum atomic E-state index is -0.859. The number of carbonyl (C=O) groups is 4. The third kappa shape index (κ3) is 11.5. The highest BCUT2D eigenvalue weighted by Gasteiger charge is 2.43. The van der Waals surface area contributed by atoms with E-state index in [-0.39, 0.29) is 36.4 Å². The summed E-state index contributed by atoms with van der Waals surface area (Å²) in [4.78, 5) is 57.1. The van der Waals surface area contributed by atoms with Crippen molar-refractivity contribution in [2.75, 3.05) is 26.2 Å². The Balaban J connectivity index is 1.46. The molecule has 0 aromatic heterocycles. The van der Waals surface area contributed by atoms with E-state index in [9.17, 15) is 19.2 Å². The number of hydrogen-bond acceptors (Lipinski definition) is 7. The fraction of sp³-hybridized carbons (Fsp3) is 0.590. The Labute approximate surface area is 292 Å². The standard InChI is InChI=1S/C39H58N6O4/c1-26(2)17-30(37(47)43-34(15-9-10-16-40)39(49)45-24-31-18-29(23-41)19-32(31)25-45)22-36(46)35(21-28-13-7-4-8-14-28)44-38(48)33(42)20-27-11-5-3-6-12-27/h3-8,11-14,26,29-35H,9-10,15-25,40-42H2,1-2H3,(H,43,47)(H,44,48). The summed E-state index contributed by atoms with van der Waals surface area (Å²) in [5.74, 6) is -0.0973. The third-order valence-electron chi connectivity index (χ3n) is 10.3. The molecule has 1 aliphatic carbocycles. The van der Waals surface area contributed by atoms with Crippen LogP contribution in [0.4, 0.5) is 0 Å². The van der Waals surface area contributed by atoms with Crippen LogP contribution >= 0.6 is 0 Å². The number of hydrogen-bond donors (Lipinski definition) is 5. The van der Waals surface area contributed by atoms with Gasteiger partial charge in [-0.3, -0.25) is 19.2 Å². The van der Waals surface area contributed by atoms with Crippen LogP contribution in [0.15, 0.2) is 60.7 Å². The van der Waals surface area contributed by atoms with Crippen LogP contribution in [0, 0.1) is 29.6 Å². The van der Waals surface area contributed by atoms with E-state index in [2.05, 4.69) is 10.6 Å². The molecule has 8 N–H and O–H groups in total. The van der Waals surface area contributed by atoms with Gasteiger partial charge in [-0.2, -0.15) is 0 Å². The number of likely N-dealkylation sites (tertiary alicyclic amines) is 1. The molecule has 3 amide bonds. The van der Waals surface area contributed by atoms with Crippen LogP contribution in [0.3, 0.4) is 0 Å². The van der Waals surface area contributed by atoms with Gasteiger partial charge in [0.1, 0.15) is 6.04 Å². The molecule has 1 heterocycles. The fourth-order valence-electron chi connectivity index (χ4n) is 7.63. The van der Waals surface area contributed by atoms with Crippen LogP contribution in [0.1, 0.15) is 69.9 Å². The topological polar surface area (TPSA) is 174 Å². The maximum absolute atomic E-state index is 14.0. The van der Waals surface area contributed by atoms with Gasteiger partial charge in [0, 0.05) is 25.4 Å². The Morgan fingerprint density at radius 1 is 0.796 bits per heavy atom. The first kappa shape index (κ1) is 38.2. The highest BCUT2D eigenvalue weighted by molar-refractivity contribution is 5.95. The summed E-state index contributed by atoms with van der Waals surface area (Å²) in [6, 6.07) is 16.6. The number of Topliss-reactive ketones (excluding diaryl/α,β-unsaturated/α-hetero) is 1. The molecule has 0 spiro atoms. The Morgan fingerprint density at radius 2 is 1.37 bits per heavy atom. The van der Waals surface area contributed by atoms with Crippen molar-refractivity contribution >= 4 is 23.5 Å². The van der Waals surface area contributed by atoms with E-state index >= 15 is 0 Å². The molecule has 1 aliphatic heterocycles. The number of benzene rings is 2. The second-order valence-electron chi connectivity index (χ2n) is 14.7. The van der Waals surface area contributed by atoms with Crippen LogP contribution in [-0.4, -0.2) is 72.7 Å². The highest BCUT2D eigenvalue weighted by atomic mass is 16.2. The van der Waals surface area contributed by atoms with Crippen LogP contribution in [-0.2, 0) is 32.0 Å². The molecular weight excluding hydrogens is 616 g/mol. The molecule has 2 fully saturated rings. The number of unbranched alkanes of at least 4 members (excludes halogenated alkanes) is 1. The molecule has 49 heavy (non-hydrogen) atoms. The van der Waals surface area contributed by atoms with Gasteiger partial charge in [0.25, 0.3) is 0 Å². The second-order valence-corrected chi connectivity index (χ2v) is 14.7. The Morgan fingerprint density at radius 3 is 1.92 bits per heavy atom. The molecule has 4 rings (SSSR count). The lowest BCUT2D eigenvalue weighted by molar-refractivity contribution is -0.138. The van der Waals surface area contributed by atoms with Gasteiger partial charge in [-0.25, -0.2) is 0 Å². The summed E-state index contributed by atoms with van der Waals surface area (Å²) >= 11 is 0. The molecule has 6 atom stereocenters. The van der Waals surface area contributed by atoms with Crippen LogP contribution < -0.4 is 27.8 Å². The number of rotatable bonds is 19. The maximum atomic E-state index is 14.0. The molecule has 10 heteroatoms. The SMILES string of the molecule is CC(C)CC(CC(=O)C(Cc1ccccc1)NC(=O)C(N)Cc1ccccc1)C(=O)NC(CCCCN)C(=O)N1CC2CC(CN)CC2C1. The van der Waals surface area contributed by atoms with Gasteiger partial charge in [0.05, 0.1) is 12.1 Å².